The molecular formula is C33H64N8O2. The van der Waals surface area contributed by atoms with Gasteiger partial charge in [-0.3, -0.25) is 0 Å². The van der Waals surface area contributed by atoms with E-state index in [2.05, 4.69) is 104 Å². The maximum Gasteiger partial charge on any atom is 0.229 e. The van der Waals surface area contributed by atoms with Crippen molar-refractivity contribution in [1.82, 2.24) is 25.6 Å². The second-order valence-corrected chi connectivity index (χ2v) is 16.0. The van der Waals surface area contributed by atoms with E-state index in [-0.39, 0.29) is 34.0 Å². The van der Waals surface area contributed by atoms with Gasteiger partial charge in [0.25, 0.3) is 0 Å². The van der Waals surface area contributed by atoms with Gasteiger partial charge in [0.2, 0.25) is 17.8 Å². The molecule has 0 aliphatic carbocycles. The highest BCUT2D eigenvalue weighted by Gasteiger charge is 2.41. The molecule has 2 fully saturated rings. The molecule has 2 aliphatic heterocycles. The second kappa shape index (κ2) is 15.0. The predicted octanol–water partition coefficient (Wildman–Crippen LogP) is 5.30. The van der Waals surface area contributed by atoms with Gasteiger partial charge in [0, 0.05) is 41.8 Å². The third-order valence-electron chi connectivity index (χ3n) is 8.92. The summed E-state index contributed by atoms with van der Waals surface area (Å²) in [5.41, 5.74) is -0.147. The van der Waals surface area contributed by atoms with Gasteiger partial charge in [-0.25, -0.2) is 0 Å². The van der Waals surface area contributed by atoms with E-state index in [1.54, 1.807) is 0 Å². The van der Waals surface area contributed by atoms with Gasteiger partial charge >= 0.3 is 0 Å². The summed E-state index contributed by atoms with van der Waals surface area (Å²) in [5.74, 6) is 1.68. The summed E-state index contributed by atoms with van der Waals surface area (Å²) in [4.78, 5) is 13.9. The lowest BCUT2D eigenvalue weighted by atomic mass is 9.73. The number of rotatable bonds is 16. The summed E-state index contributed by atoms with van der Waals surface area (Å²) in [6.45, 7) is 21.4. The lowest BCUT2D eigenvalue weighted by Crippen LogP contribution is -2.59. The first kappa shape index (κ1) is 35.7. The number of piperidine rings is 2. The van der Waals surface area contributed by atoms with Crippen LogP contribution in [0.25, 0.3) is 0 Å². The van der Waals surface area contributed by atoms with E-state index in [4.69, 9.17) is 0 Å². The first-order chi connectivity index (χ1) is 20.0. The van der Waals surface area contributed by atoms with E-state index >= 15 is 0 Å². The largest absolute Gasteiger partial charge is 0.391 e. The van der Waals surface area contributed by atoms with E-state index in [1.807, 2.05) is 0 Å². The van der Waals surface area contributed by atoms with Crippen LogP contribution in [0.15, 0.2) is 0 Å². The first-order valence-corrected chi connectivity index (χ1v) is 16.9. The van der Waals surface area contributed by atoms with Crippen molar-refractivity contribution in [3.63, 3.8) is 0 Å². The molecular weight excluding hydrogens is 540 g/mol. The lowest BCUT2D eigenvalue weighted by Gasteiger charge is -2.47. The van der Waals surface area contributed by atoms with Gasteiger partial charge in [0.1, 0.15) is 0 Å². The SMILES string of the molecule is CCCCCCCCNc1nc(NCC(O)C2CC(C)(C)NC(C)(C)C2)nc(NCC(O)C2CC(C)(C)NC(C)(C)C2)n1. The Bertz CT molecular complexity index is 901. The summed E-state index contributed by atoms with van der Waals surface area (Å²) in [7, 11) is 0. The Balaban J connectivity index is 1.65. The van der Waals surface area contributed by atoms with Crippen molar-refractivity contribution in [2.75, 3.05) is 35.6 Å². The highest BCUT2D eigenvalue weighted by molar-refractivity contribution is 5.42. The zero-order valence-electron chi connectivity index (χ0n) is 28.7. The minimum absolute atomic E-state index is 0.0368. The summed E-state index contributed by atoms with van der Waals surface area (Å²) in [6.07, 6.45) is 9.85. The smallest absolute Gasteiger partial charge is 0.229 e. The fraction of sp³-hybridized carbons (Fsp3) is 0.909. The van der Waals surface area contributed by atoms with Crippen molar-refractivity contribution >= 4 is 17.8 Å². The first-order valence-electron chi connectivity index (χ1n) is 16.9. The fourth-order valence-corrected chi connectivity index (χ4v) is 7.79. The van der Waals surface area contributed by atoms with Crippen LogP contribution in [0.4, 0.5) is 17.8 Å². The molecule has 7 N–H and O–H groups in total. The van der Waals surface area contributed by atoms with E-state index in [0.717, 1.165) is 38.6 Å². The summed E-state index contributed by atoms with van der Waals surface area (Å²) in [5, 5.41) is 39.7. The van der Waals surface area contributed by atoms with Gasteiger partial charge in [-0.15, -0.1) is 0 Å². The van der Waals surface area contributed by atoms with Gasteiger partial charge in [0.15, 0.2) is 0 Å². The normalized spacial score (nSPS) is 23.0. The lowest BCUT2D eigenvalue weighted by molar-refractivity contribution is 0.0340. The Morgan fingerprint density at radius 3 is 1.35 bits per heavy atom. The Hall–Kier alpha value is -1.75. The molecule has 248 valence electrons. The third kappa shape index (κ3) is 12.3. The number of aromatic nitrogens is 3. The molecule has 1 aromatic rings. The van der Waals surface area contributed by atoms with Gasteiger partial charge in [0.05, 0.1) is 12.2 Å². The van der Waals surface area contributed by atoms with Crippen molar-refractivity contribution in [1.29, 1.82) is 0 Å². The molecule has 0 aromatic carbocycles. The van der Waals surface area contributed by atoms with E-state index in [1.165, 1.54) is 32.1 Å². The van der Waals surface area contributed by atoms with Crippen LogP contribution >= 0.6 is 0 Å². The zero-order chi connectivity index (χ0) is 31.9. The van der Waals surface area contributed by atoms with E-state index in [9.17, 15) is 10.2 Å². The van der Waals surface area contributed by atoms with Crippen LogP contribution in [0.3, 0.4) is 0 Å². The van der Waals surface area contributed by atoms with Crippen LogP contribution in [0.2, 0.25) is 0 Å². The molecule has 0 bridgehead atoms. The minimum atomic E-state index is -0.526. The number of aliphatic hydroxyl groups is 2. The molecule has 3 rings (SSSR count). The maximum atomic E-state index is 11.2. The number of hydrogen-bond donors (Lipinski definition) is 7. The van der Waals surface area contributed by atoms with Gasteiger partial charge < -0.3 is 36.8 Å². The maximum absolute atomic E-state index is 11.2. The molecule has 0 saturated carbocycles. The van der Waals surface area contributed by atoms with Crippen LogP contribution in [-0.4, -0.2) is 79.2 Å². The Morgan fingerprint density at radius 2 is 0.953 bits per heavy atom. The van der Waals surface area contributed by atoms with Crippen molar-refractivity contribution in [2.24, 2.45) is 11.8 Å². The van der Waals surface area contributed by atoms with Crippen LogP contribution < -0.4 is 26.6 Å². The molecule has 10 nitrogen and oxygen atoms in total. The molecule has 2 aliphatic rings. The fourth-order valence-electron chi connectivity index (χ4n) is 7.79. The second-order valence-electron chi connectivity index (χ2n) is 16.0. The molecule has 2 atom stereocenters. The number of nitrogens with one attached hydrogen (secondary N) is 5. The van der Waals surface area contributed by atoms with Crippen LogP contribution in [0.1, 0.15) is 127 Å². The van der Waals surface area contributed by atoms with Gasteiger partial charge in [-0.2, -0.15) is 15.0 Å². The summed E-state index contributed by atoms with van der Waals surface area (Å²) < 4.78 is 0. The average molecular weight is 605 g/mol. The molecule has 1 aromatic heterocycles. The van der Waals surface area contributed by atoms with Gasteiger partial charge in [-0.1, -0.05) is 39.0 Å². The highest BCUT2D eigenvalue weighted by atomic mass is 16.3. The highest BCUT2D eigenvalue weighted by Crippen LogP contribution is 2.36. The predicted molar refractivity (Wildman–Crippen MR) is 179 cm³/mol. The van der Waals surface area contributed by atoms with Gasteiger partial charge in [-0.05, 0) is 99.3 Å². The van der Waals surface area contributed by atoms with Crippen LogP contribution in [0.5, 0.6) is 0 Å². The van der Waals surface area contributed by atoms with Crippen molar-refractivity contribution < 1.29 is 10.2 Å². The molecule has 0 radical (unpaired) electrons. The number of hydrogen-bond acceptors (Lipinski definition) is 10. The quantitative estimate of drug-likeness (QED) is 0.124. The van der Waals surface area contributed by atoms with E-state index < -0.39 is 12.2 Å². The minimum Gasteiger partial charge on any atom is -0.391 e. The standard InChI is InChI=1S/C33H64N8O2/c1-10-11-12-13-14-15-16-34-27-37-28(35-21-25(42)23-17-30(2,3)40-31(4,5)18-23)39-29(38-27)36-22-26(43)24-19-32(6,7)41-33(8,9)20-24/h23-26,40-43H,10-22H2,1-9H3,(H3,34,35,36,37,38,39). The molecule has 43 heavy (non-hydrogen) atoms. The topological polar surface area (TPSA) is 139 Å². The summed E-state index contributed by atoms with van der Waals surface area (Å²) in [6, 6.07) is 0. The molecule has 2 saturated heterocycles. The number of aliphatic hydroxyl groups excluding tert-OH is 2. The molecule has 2 unspecified atom stereocenters. The summed E-state index contributed by atoms with van der Waals surface area (Å²) >= 11 is 0. The molecule has 0 spiro atoms. The van der Waals surface area contributed by atoms with E-state index in [0.29, 0.717) is 30.9 Å². The van der Waals surface area contributed by atoms with Crippen LogP contribution in [-0.2, 0) is 0 Å². The average Bonchev–Trinajstić information content (AvgIpc) is 2.86. The van der Waals surface area contributed by atoms with Crippen molar-refractivity contribution in [3.8, 4) is 0 Å². The van der Waals surface area contributed by atoms with Crippen LogP contribution in [0, 0.1) is 11.8 Å². The molecule has 10 heteroatoms. The Labute approximate surface area is 261 Å². The number of nitrogens with zero attached hydrogens (tertiary/aromatic N) is 3. The Morgan fingerprint density at radius 1 is 0.605 bits per heavy atom. The van der Waals surface area contributed by atoms with Crippen molar-refractivity contribution in [2.45, 2.75) is 161 Å². The third-order valence-corrected chi connectivity index (χ3v) is 8.92. The molecule has 0 amide bonds. The van der Waals surface area contributed by atoms with Crippen molar-refractivity contribution in [3.05, 3.63) is 0 Å². The zero-order valence-corrected chi connectivity index (χ0v) is 28.7. The number of anilines is 3. The Kier molecular flexibility index (Phi) is 12.5. The molecule has 3 heterocycles. The monoisotopic (exact) mass is 605 g/mol. The number of unbranched alkanes of at least 4 members (excludes halogenated alkanes) is 5.